The molecule has 0 bridgehead atoms. The molecule has 3 rings (SSSR count). The van der Waals surface area contributed by atoms with Crippen LogP contribution >= 0.6 is 11.6 Å². The minimum atomic E-state index is -0.323. The van der Waals surface area contributed by atoms with Crippen molar-refractivity contribution < 1.29 is 9.47 Å². The highest BCUT2D eigenvalue weighted by atomic mass is 35.5. The summed E-state index contributed by atoms with van der Waals surface area (Å²) in [6, 6.07) is 3.73. The van der Waals surface area contributed by atoms with Gasteiger partial charge in [0.1, 0.15) is 0 Å². The van der Waals surface area contributed by atoms with E-state index in [4.69, 9.17) is 26.8 Å². The quantitative estimate of drug-likeness (QED) is 0.837. The van der Waals surface area contributed by atoms with Crippen LogP contribution in [0.1, 0.15) is 31.2 Å². The van der Waals surface area contributed by atoms with Crippen molar-refractivity contribution in [1.29, 1.82) is 0 Å². The summed E-state index contributed by atoms with van der Waals surface area (Å²) in [7, 11) is 0. The number of hydrogen-bond acceptors (Lipinski definition) is 3. The lowest BCUT2D eigenvalue weighted by Crippen LogP contribution is -2.43. The van der Waals surface area contributed by atoms with Gasteiger partial charge < -0.3 is 15.2 Å². The molecule has 1 heterocycles. The summed E-state index contributed by atoms with van der Waals surface area (Å²) in [6.07, 6.45) is 3.97. The van der Waals surface area contributed by atoms with Crippen molar-refractivity contribution in [3.63, 3.8) is 0 Å². The number of benzene rings is 1. The Balaban J connectivity index is 2.12. The fourth-order valence-electron chi connectivity index (χ4n) is 2.48. The molecule has 0 saturated heterocycles. The fourth-order valence-corrected chi connectivity index (χ4v) is 2.82. The number of ether oxygens (including phenoxy) is 2. The first-order valence-corrected chi connectivity index (χ1v) is 6.46. The zero-order valence-corrected chi connectivity index (χ0v) is 10.4. The third-order valence-corrected chi connectivity index (χ3v) is 3.92. The van der Waals surface area contributed by atoms with E-state index < -0.39 is 0 Å². The first-order chi connectivity index (χ1) is 8.21. The Morgan fingerprint density at radius 3 is 2.59 bits per heavy atom. The van der Waals surface area contributed by atoms with E-state index in [1.165, 1.54) is 0 Å². The first-order valence-electron chi connectivity index (χ1n) is 6.08. The molecule has 92 valence electrons. The van der Waals surface area contributed by atoms with Crippen LogP contribution in [0.3, 0.4) is 0 Å². The van der Waals surface area contributed by atoms with Crippen molar-refractivity contribution in [3.8, 4) is 11.5 Å². The van der Waals surface area contributed by atoms with Gasteiger partial charge in [-0.3, -0.25) is 0 Å². The van der Waals surface area contributed by atoms with Crippen LogP contribution in [-0.2, 0) is 5.54 Å². The first kappa shape index (κ1) is 11.2. The second-order valence-corrected chi connectivity index (χ2v) is 5.22. The molecule has 0 unspecified atom stereocenters. The van der Waals surface area contributed by atoms with Crippen LogP contribution in [0.2, 0.25) is 5.02 Å². The van der Waals surface area contributed by atoms with Crippen LogP contribution in [0.25, 0.3) is 0 Å². The van der Waals surface area contributed by atoms with Crippen LogP contribution in [0.4, 0.5) is 0 Å². The molecule has 0 spiro atoms. The highest BCUT2D eigenvalue weighted by molar-refractivity contribution is 6.31. The SMILES string of the molecule is NC1(c2c(Cl)ccc3c2OCCCO3)CCC1. The highest BCUT2D eigenvalue weighted by Gasteiger charge is 2.40. The van der Waals surface area contributed by atoms with Crippen molar-refractivity contribution in [1.82, 2.24) is 0 Å². The lowest BCUT2D eigenvalue weighted by atomic mass is 9.72. The summed E-state index contributed by atoms with van der Waals surface area (Å²) < 4.78 is 11.5. The van der Waals surface area contributed by atoms with Crippen molar-refractivity contribution in [2.75, 3.05) is 13.2 Å². The summed E-state index contributed by atoms with van der Waals surface area (Å²) in [5, 5.41) is 0.691. The molecule has 2 N–H and O–H groups in total. The van der Waals surface area contributed by atoms with Crippen LogP contribution in [0.5, 0.6) is 11.5 Å². The van der Waals surface area contributed by atoms with Crippen LogP contribution in [0.15, 0.2) is 12.1 Å². The molecule has 0 aromatic heterocycles. The second kappa shape index (κ2) is 4.07. The van der Waals surface area contributed by atoms with E-state index in [-0.39, 0.29) is 5.54 Å². The minimum absolute atomic E-state index is 0.323. The van der Waals surface area contributed by atoms with Gasteiger partial charge in [0.15, 0.2) is 11.5 Å². The number of halogens is 1. The van der Waals surface area contributed by atoms with E-state index >= 15 is 0 Å². The lowest BCUT2D eigenvalue weighted by molar-refractivity contribution is 0.236. The van der Waals surface area contributed by atoms with Gasteiger partial charge in [0, 0.05) is 22.5 Å². The van der Waals surface area contributed by atoms with E-state index in [9.17, 15) is 0 Å². The summed E-state index contributed by atoms with van der Waals surface area (Å²) in [5.74, 6) is 1.54. The Morgan fingerprint density at radius 2 is 1.88 bits per heavy atom. The monoisotopic (exact) mass is 253 g/mol. The molecule has 4 heteroatoms. The van der Waals surface area contributed by atoms with Gasteiger partial charge >= 0.3 is 0 Å². The van der Waals surface area contributed by atoms with E-state index in [2.05, 4.69) is 0 Å². The third kappa shape index (κ3) is 1.78. The third-order valence-electron chi connectivity index (χ3n) is 3.61. The van der Waals surface area contributed by atoms with Crippen LogP contribution in [-0.4, -0.2) is 13.2 Å². The zero-order chi connectivity index (χ0) is 11.9. The Bertz CT molecular complexity index is 443. The van der Waals surface area contributed by atoms with Crippen molar-refractivity contribution in [2.24, 2.45) is 5.73 Å². The Hall–Kier alpha value is -0.930. The average Bonchev–Trinajstić information content (AvgIpc) is 2.51. The number of nitrogens with two attached hydrogens (primary N) is 1. The average molecular weight is 254 g/mol. The van der Waals surface area contributed by atoms with Gasteiger partial charge in [-0.1, -0.05) is 11.6 Å². The molecule has 17 heavy (non-hydrogen) atoms. The Morgan fingerprint density at radius 1 is 1.12 bits per heavy atom. The summed E-state index contributed by atoms with van der Waals surface area (Å²) in [6.45, 7) is 1.35. The molecule has 0 radical (unpaired) electrons. The molecule has 0 amide bonds. The van der Waals surface area contributed by atoms with E-state index in [1.807, 2.05) is 12.1 Å². The topological polar surface area (TPSA) is 44.5 Å². The van der Waals surface area contributed by atoms with Crippen molar-refractivity contribution in [2.45, 2.75) is 31.2 Å². The molecule has 1 saturated carbocycles. The molecule has 1 aromatic carbocycles. The van der Waals surface area contributed by atoms with Gasteiger partial charge in [-0.15, -0.1) is 0 Å². The predicted octanol–water partition coefficient (Wildman–Crippen LogP) is 2.84. The summed E-state index contributed by atoms with van der Waals surface area (Å²) in [5.41, 5.74) is 6.99. The van der Waals surface area contributed by atoms with E-state index in [0.29, 0.717) is 18.2 Å². The van der Waals surface area contributed by atoms with Gasteiger partial charge in [0.2, 0.25) is 0 Å². The smallest absolute Gasteiger partial charge is 0.167 e. The van der Waals surface area contributed by atoms with Gasteiger partial charge in [-0.25, -0.2) is 0 Å². The fraction of sp³-hybridized carbons (Fsp3) is 0.538. The molecular formula is C13H16ClNO2. The highest BCUT2D eigenvalue weighted by Crippen LogP contribution is 2.49. The maximum absolute atomic E-state index is 6.38. The molecule has 1 aliphatic carbocycles. The predicted molar refractivity (Wildman–Crippen MR) is 66.8 cm³/mol. The van der Waals surface area contributed by atoms with Gasteiger partial charge in [0.05, 0.1) is 13.2 Å². The van der Waals surface area contributed by atoms with Gasteiger partial charge in [-0.05, 0) is 31.4 Å². The van der Waals surface area contributed by atoms with Gasteiger partial charge in [0.25, 0.3) is 0 Å². The van der Waals surface area contributed by atoms with E-state index in [0.717, 1.165) is 42.7 Å². The molecule has 1 aliphatic heterocycles. The zero-order valence-electron chi connectivity index (χ0n) is 9.67. The minimum Gasteiger partial charge on any atom is -0.490 e. The Kier molecular flexibility index (Phi) is 2.68. The maximum atomic E-state index is 6.38. The van der Waals surface area contributed by atoms with Crippen LogP contribution in [0, 0.1) is 0 Å². The van der Waals surface area contributed by atoms with Crippen molar-refractivity contribution in [3.05, 3.63) is 22.7 Å². The molecular weight excluding hydrogens is 238 g/mol. The van der Waals surface area contributed by atoms with Crippen molar-refractivity contribution >= 4 is 11.6 Å². The normalized spacial score (nSPS) is 21.5. The summed E-state index contributed by atoms with van der Waals surface area (Å²) in [4.78, 5) is 0. The maximum Gasteiger partial charge on any atom is 0.167 e. The van der Waals surface area contributed by atoms with Gasteiger partial charge in [-0.2, -0.15) is 0 Å². The van der Waals surface area contributed by atoms with Crippen LogP contribution < -0.4 is 15.2 Å². The molecule has 1 fully saturated rings. The largest absolute Gasteiger partial charge is 0.490 e. The molecule has 0 atom stereocenters. The standard InChI is InChI=1S/C13H16ClNO2/c14-9-3-4-10-12(17-8-2-7-16-10)11(9)13(15)5-1-6-13/h3-4H,1-2,5-8,15H2. The number of rotatable bonds is 1. The summed E-state index contributed by atoms with van der Waals surface area (Å²) >= 11 is 6.30. The van der Waals surface area contributed by atoms with E-state index in [1.54, 1.807) is 0 Å². The second-order valence-electron chi connectivity index (χ2n) is 4.81. The molecule has 1 aromatic rings. The Labute approximate surface area is 106 Å². The number of fused-ring (bicyclic) bond motifs is 1. The molecule has 2 aliphatic rings. The lowest BCUT2D eigenvalue weighted by Gasteiger charge is -2.40. The molecule has 3 nitrogen and oxygen atoms in total. The number of hydrogen-bond donors (Lipinski definition) is 1.